The van der Waals surface area contributed by atoms with E-state index in [-0.39, 0.29) is 0 Å². The van der Waals surface area contributed by atoms with Crippen molar-refractivity contribution in [2.75, 3.05) is 0 Å². The van der Waals surface area contributed by atoms with E-state index in [4.69, 9.17) is 16.4 Å². The zero-order valence-corrected chi connectivity index (χ0v) is 9.70. The third kappa shape index (κ3) is 3.11. The van der Waals surface area contributed by atoms with Gasteiger partial charge in [0.2, 0.25) is 0 Å². The number of rotatable bonds is 3. The van der Waals surface area contributed by atoms with E-state index in [2.05, 4.69) is 17.4 Å². The van der Waals surface area contributed by atoms with Crippen LogP contribution in [0.3, 0.4) is 0 Å². The second kappa shape index (κ2) is 5.71. The van der Waals surface area contributed by atoms with Crippen LogP contribution in [0.4, 0.5) is 0 Å². The summed E-state index contributed by atoms with van der Waals surface area (Å²) in [6.45, 7) is 0. The second-order valence-corrected chi connectivity index (χ2v) is 4.10. The van der Waals surface area contributed by atoms with E-state index in [1.165, 1.54) is 12.8 Å². The average molecular weight is 235 g/mol. The monoisotopic (exact) mass is 234 g/mol. The molecule has 0 aromatic heterocycles. The van der Waals surface area contributed by atoms with Crippen LogP contribution in [-0.4, -0.2) is 6.21 Å². The summed E-state index contributed by atoms with van der Waals surface area (Å²) < 4.78 is 0. The topological polar surface area (TPSA) is 21.6 Å². The molecule has 0 heterocycles. The Morgan fingerprint density at radius 1 is 1.25 bits per heavy atom. The molecule has 0 saturated carbocycles. The minimum absolute atomic E-state index is 0.632. The first-order valence-corrected chi connectivity index (χ1v) is 5.81. The molecule has 0 aliphatic heterocycles. The fraction of sp³-hybridized carbons (Fsp3) is 0.308. The van der Waals surface area contributed by atoms with Crippen molar-refractivity contribution in [3.05, 3.63) is 46.7 Å². The van der Waals surface area contributed by atoms with Crippen LogP contribution < -0.4 is 0 Å². The summed E-state index contributed by atoms with van der Waals surface area (Å²) in [4.78, 5) is 5.26. The van der Waals surface area contributed by atoms with Gasteiger partial charge in [-0.15, -0.1) is 0 Å². The highest BCUT2D eigenvalue weighted by Crippen LogP contribution is 2.18. The van der Waals surface area contributed by atoms with Crippen molar-refractivity contribution in [1.82, 2.24) is 0 Å². The number of benzene rings is 1. The van der Waals surface area contributed by atoms with Gasteiger partial charge in [0.05, 0.1) is 5.02 Å². The number of halogens is 1. The van der Waals surface area contributed by atoms with E-state index >= 15 is 0 Å². The van der Waals surface area contributed by atoms with Gasteiger partial charge in [-0.1, -0.05) is 35.0 Å². The molecule has 16 heavy (non-hydrogen) atoms. The molecule has 0 unspecified atom stereocenters. The first-order chi connectivity index (χ1) is 7.86. The maximum atomic E-state index is 5.95. The van der Waals surface area contributed by atoms with Crippen LogP contribution in [0.15, 0.2) is 41.3 Å². The molecule has 2 rings (SSSR count). The van der Waals surface area contributed by atoms with Gasteiger partial charge in [-0.2, -0.15) is 0 Å². The van der Waals surface area contributed by atoms with Crippen molar-refractivity contribution in [2.45, 2.75) is 25.7 Å². The molecule has 0 fully saturated rings. The van der Waals surface area contributed by atoms with Crippen LogP contribution in [0.25, 0.3) is 0 Å². The molecule has 1 radical (unpaired) electrons. The van der Waals surface area contributed by atoms with E-state index < -0.39 is 0 Å². The van der Waals surface area contributed by atoms with Crippen molar-refractivity contribution in [1.29, 1.82) is 0 Å². The molecule has 1 aromatic rings. The third-order valence-corrected chi connectivity index (χ3v) is 2.78. The van der Waals surface area contributed by atoms with Gasteiger partial charge in [-0.3, -0.25) is 0 Å². The van der Waals surface area contributed by atoms with Gasteiger partial charge in [0.15, 0.2) is 0 Å². The maximum absolute atomic E-state index is 5.95. The average Bonchev–Trinajstić information content (AvgIpc) is 2.33. The zero-order chi connectivity index (χ0) is 11.2. The summed E-state index contributed by atoms with van der Waals surface area (Å²) >= 11 is 5.95. The molecule has 0 amide bonds. The van der Waals surface area contributed by atoms with E-state index in [9.17, 15) is 0 Å². The Morgan fingerprint density at radius 3 is 2.88 bits per heavy atom. The fourth-order valence-corrected chi connectivity index (χ4v) is 1.75. The highest BCUT2D eigenvalue weighted by molar-refractivity contribution is 6.33. The van der Waals surface area contributed by atoms with E-state index in [0.717, 1.165) is 24.2 Å². The number of hydrogen-bond donors (Lipinski definition) is 0. The normalized spacial score (nSPS) is 16.2. The Labute approximate surface area is 101 Å². The first-order valence-electron chi connectivity index (χ1n) is 5.43. The quantitative estimate of drug-likeness (QED) is 0.572. The molecule has 1 aliphatic rings. The molecular formula is C13H13ClNO. The molecular weight excluding hydrogens is 222 g/mol. The molecule has 1 aromatic carbocycles. The second-order valence-electron chi connectivity index (χ2n) is 3.69. The lowest BCUT2D eigenvalue weighted by Crippen LogP contribution is -1.93. The molecule has 83 valence electrons. The van der Waals surface area contributed by atoms with Gasteiger partial charge in [-0.05, 0) is 31.4 Å². The fourth-order valence-electron chi connectivity index (χ4n) is 1.57. The van der Waals surface area contributed by atoms with Gasteiger partial charge in [0.1, 0.15) is 12.0 Å². The van der Waals surface area contributed by atoms with E-state index in [0.29, 0.717) is 5.02 Å². The maximum Gasteiger partial charge on any atom is 0.141 e. The van der Waals surface area contributed by atoms with Crippen molar-refractivity contribution < 1.29 is 4.84 Å². The lowest BCUT2D eigenvalue weighted by molar-refractivity contribution is 0.210. The predicted molar refractivity (Wildman–Crippen MR) is 65.6 cm³/mol. The van der Waals surface area contributed by atoms with Gasteiger partial charge < -0.3 is 4.84 Å². The summed E-state index contributed by atoms with van der Waals surface area (Å²) in [6, 6.07) is 7.42. The van der Waals surface area contributed by atoms with Crippen LogP contribution in [-0.2, 0) is 4.84 Å². The molecule has 2 nitrogen and oxygen atoms in total. The molecule has 0 N–H and O–H groups in total. The molecule has 1 aliphatic carbocycles. The standard InChI is InChI=1S/C13H13ClNO/c14-13-9-5-4-6-11(13)10-15-16-12-7-2-1-3-8-12/h4-7,9H,1-3,8H2. The van der Waals surface area contributed by atoms with E-state index in [1.807, 2.05) is 18.2 Å². The van der Waals surface area contributed by atoms with Gasteiger partial charge >= 0.3 is 0 Å². The van der Waals surface area contributed by atoms with Crippen molar-refractivity contribution in [3.8, 4) is 0 Å². The zero-order valence-electron chi connectivity index (χ0n) is 8.95. The molecule has 3 heteroatoms. The third-order valence-electron chi connectivity index (χ3n) is 2.45. The van der Waals surface area contributed by atoms with Crippen molar-refractivity contribution in [2.24, 2.45) is 5.16 Å². The van der Waals surface area contributed by atoms with Crippen LogP contribution >= 0.6 is 11.6 Å². The van der Waals surface area contributed by atoms with Gasteiger partial charge in [-0.25, -0.2) is 0 Å². The summed E-state index contributed by atoms with van der Waals surface area (Å²) in [7, 11) is 0. The smallest absolute Gasteiger partial charge is 0.141 e. The Bertz CT molecular complexity index is 412. The summed E-state index contributed by atoms with van der Waals surface area (Å²) in [5.41, 5.74) is 0.751. The minimum Gasteiger partial charge on any atom is -0.361 e. The molecule has 0 atom stereocenters. The molecule has 0 saturated heterocycles. The number of hydrogen-bond acceptors (Lipinski definition) is 2. The Morgan fingerprint density at radius 2 is 2.12 bits per heavy atom. The van der Waals surface area contributed by atoms with Crippen LogP contribution in [0.2, 0.25) is 5.02 Å². The highest BCUT2D eigenvalue weighted by atomic mass is 35.5. The largest absolute Gasteiger partial charge is 0.361 e. The van der Waals surface area contributed by atoms with Crippen LogP contribution in [0.5, 0.6) is 0 Å². The minimum atomic E-state index is 0.632. The summed E-state index contributed by atoms with van der Waals surface area (Å²) in [5, 5.41) is 4.46. The summed E-state index contributed by atoms with van der Waals surface area (Å²) in [5.74, 6) is 0.936. The lowest BCUT2D eigenvalue weighted by Gasteiger charge is -2.08. The Balaban J connectivity index is 1.94. The Kier molecular flexibility index (Phi) is 4.00. The molecule has 0 bridgehead atoms. The van der Waals surface area contributed by atoms with Crippen molar-refractivity contribution in [3.63, 3.8) is 0 Å². The lowest BCUT2D eigenvalue weighted by atomic mass is 10.1. The van der Waals surface area contributed by atoms with E-state index in [1.54, 1.807) is 6.07 Å². The first kappa shape index (κ1) is 11.2. The van der Waals surface area contributed by atoms with Crippen LogP contribution in [0, 0.1) is 0 Å². The number of allylic oxidation sites excluding steroid dienone is 2. The van der Waals surface area contributed by atoms with Gasteiger partial charge in [0.25, 0.3) is 0 Å². The highest BCUT2D eigenvalue weighted by Gasteiger charge is 2.04. The Hall–Kier alpha value is -1.28. The molecule has 0 spiro atoms. The SMILES string of the molecule is Clc1ccccc1[C]=NOC1=CCCCC1. The van der Waals surface area contributed by atoms with Crippen LogP contribution in [0.1, 0.15) is 31.2 Å². The van der Waals surface area contributed by atoms with Crippen molar-refractivity contribution >= 4 is 17.8 Å². The predicted octanol–water partition coefficient (Wildman–Crippen LogP) is 4.03. The summed E-state index contributed by atoms with van der Waals surface area (Å²) in [6.07, 6.45) is 9.34. The van der Waals surface area contributed by atoms with Gasteiger partial charge in [0, 0.05) is 12.0 Å². The number of nitrogens with zero attached hydrogens (tertiary/aromatic N) is 1.